The fraction of sp³-hybridized carbons (Fsp3) is 0.636. The maximum absolute atomic E-state index is 5.33. The number of unbranched alkanes of at least 4 members (excludes halogenated alkanes) is 3. The van der Waals surface area contributed by atoms with Crippen LogP contribution in [-0.4, -0.2) is 18.5 Å². The van der Waals surface area contributed by atoms with Crippen molar-refractivity contribution >= 4 is 7.05 Å². The summed E-state index contributed by atoms with van der Waals surface area (Å²) >= 11 is 0. The molecule has 0 aromatic heterocycles. The van der Waals surface area contributed by atoms with Gasteiger partial charge >= 0.3 is 0 Å². The zero-order valence-electron chi connectivity index (χ0n) is 17.1. The minimum atomic E-state index is -1.08. The van der Waals surface area contributed by atoms with Crippen LogP contribution in [-0.2, 0) is 21.7 Å². The number of hydrogen-bond donors (Lipinski definition) is 0. The first kappa shape index (κ1) is 27.1. The Balaban J connectivity index is 0. The van der Waals surface area contributed by atoms with E-state index in [2.05, 4.69) is 45.6 Å². The molecule has 1 aliphatic rings. The summed E-state index contributed by atoms with van der Waals surface area (Å²) in [6.07, 6.45) is 25.5. The molecule has 0 heterocycles. The van der Waals surface area contributed by atoms with Crippen LogP contribution in [0.1, 0.15) is 72.6 Å². The normalized spacial score (nSPS) is 13.0. The molecule has 1 aliphatic carbocycles. The van der Waals surface area contributed by atoms with E-state index in [1.54, 1.807) is 6.08 Å². The van der Waals surface area contributed by atoms with Crippen molar-refractivity contribution in [1.29, 1.82) is 0 Å². The second-order valence-electron chi connectivity index (χ2n) is 6.48. The van der Waals surface area contributed by atoms with Crippen molar-refractivity contribution < 1.29 is 21.7 Å². The maximum atomic E-state index is 5.33. The summed E-state index contributed by atoms with van der Waals surface area (Å²) in [4.78, 5) is 0. The number of rotatable bonds is 11. The van der Waals surface area contributed by atoms with Crippen LogP contribution in [0.4, 0.5) is 0 Å². The van der Waals surface area contributed by atoms with Crippen molar-refractivity contribution in [1.82, 2.24) is 0 Å². The van der Waals surface area contributed by atoms with Gasteiger partial charge in [-0.2, -0.15) is 0 Å². The first-order valence-corrected chi connectivity index (χ1v) is 12.2. The SMILES string of the molecule is C=CC=CC.CCCCP(CCCC)(CCCC)=NC1=CC=CC1.[Ti]. The van der Waals surface area contributed by atoms with E-state index in [1.807, 2.05) is 19.1 Å². The minimum Gasteiger partial charge on any atom is -0.272 e. The van der Waals surface area contributed by atoms with Crippen molar-refractivity contribution in [3.63, 3.8) is 0 Å². The van der Waals surface area contributed by atoms with E-state index in [1.165, 1.54) is 62.7 Å². The van der Waals surface area contributed by atoms with E-state index in [4.69, 9.17) is 4.74 Å². The average molecular weight is 397 g/mol. The van der Waals surface area contributed by atoms with E-state index < -0.39 is 7.05 Å². The Morgan fingerprint density at radius 3 is 1.84 bits per heavy atom. The van der Waals surface area contributed by atoms with Gasteiger partial charge in [0.1, 0.15) is 0 Å². The van der Waals surface area contributed by atoms with Crippen LogP contribution in [0.3, 0.4) is 0 Å². The second-order valence-corrected chi connectivity index (χ2v) is 10.2. The van der Waals surface area contributed by atoms with E-state index in [9.17, 15) is 0 Å². The van der Waals surface area contributed by atoms with Crippen LogP contribution >= 0.6 is 7.05 Å². The van der Waals surface area contributed by atoms with Gasteiger partial charge in [0, 0.05) is 33.8 Å². The van der Waals surface area contributed by atoms with Gasteiger partial charge in [0.05, 0.1) is 0 Å². The van der Waals surface area contributed by atoms with Gasteiger partial charge in [0.15, 0.2) is 0 Å². The van der Waals surface area contributed by atoms with Gasteiger partial charge in [0.25, 0.3) is 0 Å². The third-order valence-electron chi connectivity index (χ3n) is 4.20. The topological polar surface area (TPSA) is 12.4 Å². The molecule has 0 saturated carbocycles. The molecule has 0 aromatic rings. The molecule has 0 bridgehead atoms. The third kappa shape index (κ3) is 13.7. The van der Waals surface area contributed by atoms with Gasteiger partial charge < -0.3 is 0 Å². The Hall–Kier alpha value is -0.0957. The molecule has 0 fully saturated rings. The molecule has 25 heavy (non-hydrogen) atoms. The van der Waals surface area contributed by atoms with Crippen LogP contribution in [0.5, 0.6) is 0 Å². The molecule has 0 aromatic carbocycles. The molecule has 3 heteroatoms. The van der Waals surface area contributed by atoms with Crippen molar-refractivity contribution in [2.24, 2.45) is 4.74 Å². The predicted octanol–water partition coefficient (Wildman–Crippen LogP) is 8.18. The van der Waals surface area contributed by atoms with Crippen LogP contribution in [0.15, 0.2) is 53.5 Å². The Labute approximate surface area is 173 Å². The summed E-state index contributed by atoms with van der Waals surface area (Å²) in [5, 5.41) is 0. The van der Waals surface area contributed by atoms with Crippen LogP contribution < -0.4 is 0 Å². The van der Waals surface area contributed by atoms with Crippen molar-refractivity contribution in [2.75, 3.05) is 18.5 Å². The zero-order valence-corrected chi connectivity index (χ0v) is 19.6. The van der Waals surface area contributed by atoms with E-state index in [0.29, 0.717) is 0 Å². The molecule has 0 amide bonds. The van der Waals surface area contributed by atoms with Crippen LogP contribution in [0.2, 0.25) is 0 Å². The summed E-state index contributed by atoms with van der Waals surface area (Å²) in [6.45, 7) is 12.4. The summed E-state index contributed by atoms with van der Waals surface area (Å²) in [7, 11) is -1.08. The van der Waals surface area contributed by atoms with Crippen LogP contribution in [0, 0.1) is 0 Å². The molecular weight excluding hydrogens is 357 g/mol. The summed E-state index contributed by atoms with van der Waals surface area (Å²) in [5.74, 6) is 0. The average Bonchev–Trinajstić information content (AvgIpc) is 3.10. The molecule has 0 spiro atoms. The molecule has 0 unspecified atom stereocenters. The Morgan fingerprint density at radius 1 is 1.04 bits per heavy atom. The second kappa shape index (κ2) is 18.7. The van der Waals surface area contributed by atoms with Crippen molar-refractivity contribution in [3.8, 4) is 0 Å². The maximum Gasteiger partial charge on any atom is 0.0425 e. The zero-order chi connectivity index (χ0) is 18.1. The molecule has 0 saturated heterocycles. The predicted molar refractivity (Wildman–Crippen MR) is 116 cm³/mol. The van der Waals surface area contributed by atoms with E-state index in [0.717, 1.165) is 6.42 Å². The molecule has 0 atom stereocenters. The first-order chi connectivity index (χ1) is 11.7. The third-order valence-corrected chi connectivity index (χ3v) is 8.33. The van der Waals surface area contributed by atoms with E-state index in [-0.39, 0.29) is 21.7 Å². The first-order valence-electron chi connectivity index (χ1n) is 9.86. The van der Waals surface area contributed by atoms with Gasteiger partial charge in [-0.25, -0.2) is 0 Å². The Kier molecular flexibility index (Phi) is 20.3. The van der Waals surface area contributed by atoms with E-state index >= 15 is 0 Å². The van der Waals surface area contributed by atoms with Gasteiger partial charge in [-0.15, -0.1) is 0 Å². The fourth-order valence-electron chi connectivity index (χ4n) is 2.76. The van der Waals surface area contributed by atoms with Crippen molar-refractivity contribution in [3.05, 3.63) is 48.7 Å². The Bertz CT molecular complexity index is 432. The smallest absolute Gasteiger partial charge is 0.0425 e. The van der Waals surface area contributed by atoms with Gasteiger partial charge in [-0.05, 0) is 57.8 Å². The molecule has 0 N–H and O–H groups in total. The number of allylic oxidation sites excluding steroid dienone is 6. The molecule has 1 nitrogen and oxygen atoms in total. The van der Waals surface area contributed by atoms with Gasteiger partial charge in [-0.3, -0.25) is 4.74 Å². The van der Waals surface area contributed by atoms with Crippen molar-refractivity contribution in [2.45, 2.75) is 72.6 Å². The standard InChI is InChI=1S/C17H32NP.C5H8.Ti/c1-4-7-14-19(15-8-5-2,16-9-6-3)18-17-12-10-11-13-17;1-3-5-4-2;/h10-12H,4-9,13-16H2,1-3H3;3-5H,1H2,2H3;. The quantitative estimate of drug-likeness (QED) is 0.189. The molecule has 0 aliphatic heterocycles. The molecular formula is C22H40NPTi. The number of nitrogens with zero attached hydrogens (tertiary/aromatic N) is 1. The van der Waals surface area contributed by atoms with Crippen LogP contribution in [0.25, 0.3) is 0 Å². The summed E-state index contributed by atoms with van der Waals surface area (Å²) < 4.78 is 5.33. The number of hydrogen-bond acceptors (Lipinski definition) is 1. The summed E-state index contributed by atoms with van der Waals surface area (Å²) in [6, 6.07) is 0. The monoisotopic (exact) mass is 397 g/mol. The van der Waals surface area contributed by atoms with Gasteiger partial charge in [-0.1, -0.05) is 77.0 Å². The van der Waals surface area contributed by atoms with Gasteiger partial charge in [0.2, 0.25) is 0 Å². The Morgan fingerprint density at radius 2 is 1.56 bits per heavy atom. The fourth-order valence-corrected chi connectivity index (χ4v) is 7.14. The molecule has 1 rings (SSSR count). The minimum absolute atomic E-state index is 0. The molecule has 142 valence electrons. The molecule has 0 radical (unpaired) electrons. The summed E-state index contributed by atoms with van der Waals surface area (Å²) in [5.41, 5.74) is 1.36. The largest absolute Gasteiger partial charge is 0.272 e.